The number of morpholine rings is 1. The standard InChI is InChI=1S/C22H28N4O4/c1-28-15-21(27)26-8-7-18-17(14-26)22(25-9-11-30-12-10-25)24-20(23-18)13-16-5-3-4-6-19(16)29-2/h3-6H,7-15H2,1-2H3. The van der Waals surface area contributed by atoms with Gasteiger partial charge in [-0.15, -0.1) is 0 Å². The lowest BCUT2D eigenvalue weighted by molar-refractivity contribution is -0.136. The van der Waals surface area contributed by atoms with Crippen molar-refractivity contribution < 1.29 is 19.0 Å². The van der Waals surface area contributed by atoms with Crippen LogP contribution in [0, 0.1) is 0 Å². The van der Waals surface area contributed by atoms with Crippen LogP contribution in [0.5, 0.6) is 5.75 Å². The summed E-state index contributed by atoms with van der Waals surface area (Å²) in [7, 11) is 3.22. The lowest BCUT2D eigenvalue weighted by Crippen LogP contribution is -2.42. The Labute approximate surface area is 176 Å². The molecule has 0 saturated carbocycles. The smallest absolute Gasteiger partial charge is 0.248 e. The van der Waals surface area contributed by atoms with E-state index in [0.29, 0.717) is 39.1 Å². The normalized spacial score (nSPS) is 16.3. The fourth-order valence-electron chi connectivity index (χ4n) is 4.01. The van der Waals surface area contributed by atoms with Crippen molar-refractivity contribution in [3.8, 4) is 5.75 Å². The number of carbonyl (C=O) groups excluding carboxylic acids is 1. The van der Waals surface area contributed by atoms with Crippen molar-refractivity contribution in [3.05, 3.63) is 46.9 Å². The zero-order chi connectivity index (χ0) is 20.9. The predicted molar refractivity (Wildman–Crippen MR) is 112 cm³/mol. The van der Waals surface area contributed by atoms with E-state index in [4.69, 9.17) is 24.2 Å². The highest BCUT2D eigenvalue weighted by Gasteiger charge is 2.28. The van der Waals surface area contributed by atoms with Crippen molar-refractivity contribution in [2.45, 2.75) is 19.4 Å². The SMILES string of the molecule is COCC(=O)N1CCc2nc(Cc3ccccc3OC)nc(N3CCOCC3)c2C1. The van der Waals surface area contributed by atoms with Crippen LogP contribution in [0.25, 0.3) is 0 Å². The molecule has 1 aromatic carbocycles. The van der Waals surface area contributed by atoms with E-state index in [2.05, 4.69) is 4.90 Å². The van der Waals surface area contributed by atoms with Crippen LogP contribution in [0.1, 0.15) is 22.6 Å². The second kappa shape index (κ2) is 9.40. The summed E-state index contributed by atoms with van der Waals surface area (Å²) in [6, 6.07) is 7.95. The molecule has 0 radical (unpaired) electrons. The Hall–Kier alpha value is -2.71. The third kappa shape index (κ3) is 4.39. The monoisotopic (exact) mass is 412 g/mol. The maximum absolute atomic E-state index is 12.4. The van der Waals surface area contributed by atoms with Gasteiger partial charge in [-0.3, -0.25) is 4.79 Å². The molecule has 0 atom stereocenters. The van der Waals surface area contributed by atoms with E-state index >= 15 is 0 Å². The number of rotatable bonds is 6. The fourth-order valence-corrected chi connectivity index (χ4v) is 4.01. The number of para-hydroxylation sites is 1. The molecular weight excluding hydrogens is 384 g/mol. The van der Waals surface area contributed by atoms with Gasteiger partial charge in [0.05, 0.1) is 32.6 Å². The molecule has 0 N–H and O–H groups in total. The second-order valence-corrected chi connectivity index (χ2v) is 7.48. The van der Waals surface area contributed by atoms with E-state index in [-0.39, 0.29) is 12.5 Å². The van der Waals surface area contributed by atoms with Gasteiger partial charge in [0.2, 0.25) is 5.91 Å². The molecule has 1 saturated heterocycles. The van der Waals surface area contributed by atoms with Gasteiger partial charge >= 0.3 is 0 Å². The van der Waals surface area contributed by atoms with Crippen molar-refractivity contribution in [1.29, 1.82) is 0 Å². The van der Waals surface area contributed by atoms with Gasteiger partial charge in [0.15, 0.2) is 0 Å². The van der Waals surface area contributed by atoms with E-state index in [1.807, 2.05) is 29.2 Å². The van der Waals surface area contributed by atoms with Crippen molar-refractivity contribution in [3.63, 3.8) is 0 Å². The summed E-state index contributed by atoms with van der Waals surface area (Å²) in [5.74, 6) is 2.52. The van der Waals surface area contributed by atoms with Crippen LogP contribution >= 0.6 is 0 Å². The molecule has 2 aliphatic heterocycles. The highest BCUT2D eigenvalue weighted by atomic mass is 16.5. The van der Waals surface area contributed by atoms with Crippen LogP contribution in [0.15, 0.2) is 24.3 Å². The first-order valence-corrected chi connectivity index (χ1v) is 10.3. The van der Waals surface area contributed by atoms with Gasteiger partial charge in [-0.05, 0) is 6.07 Å². The zero-order valence-corrected chi connectivity index (χ0v) is 17.6. The number of anilines is 1. The number of carbonyl (C=O) groups is 1. The van der Waals surface area contributed by atoms with Crippen LogP contribution in [0.3, 0.4) is 0 Å². The molecule has 1 fully saturated rings. The van der Waals surface area contributed by atoms with Crippen LogP contribution in [0.4, 0.5) is 5.82 Å². The van der Waals surface area contributed by atoms with Crippen LogP contribution < -0.4 is 9.64 Å². The molecule has 160 valence electrons. The molecule has 1 amide bonds. The minimum atomic E-state index is -0.00539. The summed E-state index contributed by atoms with van der Waals surface area (Å²) >= 11 is 0. The quantitative estimate of drug-likeness (QED) is 0.711. The number of aromatic nitrogens is 2. The van der Waals surface area contributed by atoms with Crippen molar-refractivity contribution in [2.75, 3.05) is 58.6 Å². The lowest BCUT2D eigenvalue weighted by atomic mass is 10.0. The first kappa shape index (κ1) is 20.6. The van der Waals surface area contributed by atoms with Crippen molar-refractivity contribution in [2.24, 2.45) is 0 Å². The summed E-state index contributed by atoms with van der Waals surface area (Å²) in [4.78, 5) is 26.3. The molecule has 8 nitrogen and oxygen atoms in total. The molecule has 0 bridgehead atoms. The van der Waals surface area contributed by atoms with Crippen LogP contribution in [-0.2, 0) is 33.7 Å². The van der Waals surface area contributed by atoms with E-state index in [9.17, 15) is 4.79 Å². The lowest BCUT2D eigenvalue weighted by Gasteiger charge is -2.34. The summed E-state index contributed by atoms with van der Waals surface area (Å²) in [6.45, 7) is 4.16. The van der Waals surface area contributed by atoms with Crippen molar-refractivity contribution in [1.82, 2.24) is 14.9 Å². The number of fused-ring (bicyclic) bond motifs is 1. The van der Waals surface area contributed by atoms with Gasteiger partial charge in [0.1, 0.15) is 24.0 Å². The highest BCUT2D eigenvalue weighted by Crippen LogP contribution is 2.29. The number of nitrogens with zero attached hydrogens (tertiary/aromatic N) is 4. The van der Waals surface area contributed by atoms with Crippen LogP contribution in [0.2, 0.25) is 0 Å². The van der Waals surface area contributed by atoms with Gasteiger partial charge in [-0.2, -0.15) is 0 Å². The molecule has 0 unspecified atom stereocenters. The number of hydrogen-bond donors (Lipinski definition) is 0. The maximum Gasteiger partial charge on any atom is 0.248 e. The molecular formula is C22H28N4O4. The molecule has 3 heterocycles. The zero-order valence-electron chi connectivity index (χ0n) is 17.6. The number of benzene rings is 1. The average molecular weight is 412 g/mol. The van der Waals surface area contributed by atoms with E-state index in [1.165, 1.54) is 0 Å². The Morgan fingerprint density at radius 2 is 1.93 bits per heavy atom. The number of hydrogen-bond acceptors (Lipinski definition) is 7. The van der Waals surface area contributed by atoms with E-state index < -0.39 is 0 Å². The molecule has 1 aromatic heterocycles. The number of methoxy groups -OCH3 is 2. The van der Waals surface area contributed by atoms with E-state index in [1.54, 1.807) is 14.2 Å². The first-order chi connectivity index (χ1) is 14.7. The molecule has 4 rings (SSSR count). The van der Waals surface area contributed by atoms with Gasteiger partial charge < -0.3 is 24.0 Å². The molecule has 2 aromatic rings. The largest absolute Gasteiger partial charge is 0.496 e. The molecule has 2 aliphatic rings. The van der Waals surface area contributed by atoms with Gasteiger partial charge in [0, 0.05) is 50.7 Å². The molecule has 30 heavy (non-hydrogen) atoms. The third-order valence-electron chi connectivity index (χ3n) is 5.56. The van der Waals surface area contributed by atoms with Crippen molar-refractivity contribution >= 4 is 11.7 Å². The maximum atomic E-state index is 12.4. The van der Waals surface area contributed by atoms with E-state index in [0.717, 1.165) is 47.3 Å². The van der Waals surface area contributed by atoms with Gasteiger partial charge in [0.25, 0.3) is 0 Å². The second-order valence-electron chi connectivity index (χ2n) is 7.48. The first-order valence-electron chi connectivity index (χ1n) is 10.3. The Morgan fingerprint density at radius 1 is 1.13 bits per heavy atom. The summed E-state index contributed by atoms with van der Waals surface area (Å²) in [5, 5.41) is 0. The topological polar surface area (TPSA) is 77.0 Å². The Balaban J connectivity index is 1.68. The molecule has 0 aliphatic carbocycles. The minimum absolute atomic E-state index is 0.00539. The Bertz CT molecular complexity index is 899. The molecule has 0 spiro atoms. The van der Waals surface area contributed by atoms with Crippen LogP contribution in [-0.4, -0.2) is 74.4 Å². The van der Waals surface area contributed by atoms with Gasteiger partial charge in [-0.1, -0.05) is 18.2 Å². The summed E-state index contributed by atoms with van der Waals surface area (Å²) in [5.41, 5.74) is 3.12. The number of ether oxygens (including phenoxy) is 3. The third-order valence-corrected chi connectivity index (χ3v) is 5.56. The summed E-state index contributed by atoms with van der Waals surface area (Å²) in [6.07, 6.45) is 1.31. The highest BCUT2D eigenvalue weighted by molar-refractivity contribution is 5.78. The number of amides is 1. The van der Waals surface area contributed by atoms with Gasteiger partial charge in [-0.25, -0.2) is 9.97 Å². The average Bonchev–Trinajstić information content (AvgIpc) is 2.79. The minimum Gasteiger partial charge on any atom is -0.496 e. The Kier molecular flexibility index (Phi) is 6.44. The Morgan fingerprint density at radius 3 is 2.70 bits per heavy atom. The molecule has 8 heteroatoms. The summed E-state index contributed by atoms with van der Waals surface area (Å²) < 4.78 is 16.1. The fraction of sp³-hybridized carbons (Fsp3) is 0.500. The predicted octanol–water partition coefficient (Wildman–Crippen LogP) is 1.44.